The molecule has 0 saturated heterocycles. The second kappa shape index (κ2) is 8.67. The molecule has 2 aromatic carbocycles. The number of imidazole rings is 1. The molecule has 0 atom stereocenters. The van der Waals surface area contributed by atoms with Crippen LogP contribution in [0.2, 0.25) is 0 Å². The second-order valence-electron chi connectivity index (χ2n) is 7.89. The Morgan fingerprint density at radius 3 is 2.24 bits per heavy atom. The van der Waals surface area contributed by atoms with Crippen molar-refractivity contribution in [3.8, 4) is 17.4 Å². The molecule has 0 fully saturated rings. The van der Waals surface area contributed by atoms with Crippen LogP contribution in [0.5, 0.6) is 11.6 Å². The van der Waals surface area contributed by atoms with Crippen LogP contribution in [0.15, 0.2) is 59.8 Å². The van der Waals surface area contributed by atoms with Crippen LogP contribution in [-0.2, 0) is 10.0 Å². The fourth-order valence-electron chi connectivity index (χ4n) is 3.47. The van der Waals surface area contributed by atoms with Crippen LogP contribution in [0.4, 0.5) is 5.69 Å². The molecule has 4 rings (SSSR count). The van der Waals surface area contributed by atoms with Gasteiger partial charge in [-0.25, -0.2) is 18.4 Å². The summed E-state index contributed by atoms with van der Waals surface area (Å²) in [6.07, 6.45) is 3.52. The molecule has 0 unspecified atom stereocenters. The van der Waals surface area contributed by atoms with Gasteiger partial charge in [0.05, 0.1) is 4.90 Å². The van der Waals surface area contributed by atoms with Gasteiger partial charge < -0.3 is 4.74 Å². The smallest absolute Gasteiger partial charge is 0.262 e. The molecule has 0 aliphatic rings. The predicted molar refractivity (Wildman–Crippen MR) is 127 cm³/mol. The maximum absolute atomic E-state index is 12.9. The summed E-state index contributed by atoms with van der Waals surface area (Å²) >= 11 is 0. The monoisotopic (exact) mass is 463 g/mol. The van der Waals surface area contributed by atoms with Gasteiger partial charge in [-0.1, -0.05) is 6.07 Å². The normalized spacial score (nSPS) is 11.4. The summed E-state index contributed by atoms with van der Waals surface area (Å²) in [7, 11) is -3.72. The van der Waals surface area contributed by atoms with Crippen molar-refractivity contribution in [3.63, 3.8) is 0 Å². The first-order chi connectivity index (χ1) is 15.6. The topological polar surface area (TPSA) is 99.0 Å². The summed E-state index contributed by atoms with van der Waals surface area (Å²) < 4.78 is 36.2. The molecule has 2 heterocycles. The van der Waals surface area contributed by atoms with E-state index in [2.05, 4.69) is 19.7 Å². The molecule has 0 aliphatic heterocycles. The lowest BCUT2D eigenvalue weighted by molar-refractivity contribution is 0.459. The maximum Gasteiger partial charge on any atom is 0.262 e. The molecule has 0 amide bonds. The highest BCUT2D eigenvalue weighted by Gasteiger charge is 2.18. The van der Waals surface area contributed by atoms with Crippen molar-refractivity contribution in [1.82, 2.24) is 19.5 Å². The first-order valence-corrected chi connectivity index (χ1v) is 11.9. The number of aromatic nitrogens is 4. The van der Waals surface area contributed by atoms with Crippen molar-refractivity contribution in [2.75, 3.05) is 4.72 Å². The standard InChI is InChI=1S/C24H25N5O3S/c1-15-12-17(3)22(13-16(15)2)33(30,31)28-20-6-8-21(9-7-20)32-24-14-23(26-18(4)27-24)29-11-10-25-19(29)5/h6-14,28H,1-5H3. The van der Waals surface area contributed by atoms with Crippen LogP contribution in [0.1, 0.15) is 28.3 Å². The highest BCUT2D eigenvalue weighted by atomic mass is 32.2. The molecule has 0 spiro atoms. The van der Waals surface area contributed by atoms with Crippen LogP contribution in [-0.4, -0.2) is 27.9 Å². The van der Waals surface area contributed by atoms with Gasteiger partial charge in [0.1, 0.15) is 23.2 Å². The number of hydrogen-bond acceptors (Lipinski definition) is 6. The molecule has 1 N–H and O–H groups in total. The van der Waals surface area contributed by atoms with E-state index in [4.69, 9.17) is 4.74 Å². The zero-order valence-electron chi connectivity index (χ0n) is 19.1. The van der Waals surface area contributed by atoms with Gasteiger partial charge in [-0.2, -0.15) is 4.98 Å². The molecule has 4 aromatic rings. The molecular formula is C24H25N5O3S. The quantitative estimate of drug-likeness (QED) is 0.441. The van der Waals surface area contributed by atoms with Crippen LogP contribution < -0.4 is 9.46 Å². The molecule has 0 aliphatic carbocycles. The van der Waals surface area contributed by atoms with Gasteiger partial charge in [0.2, 0.25) is 5.88 Å². The average Bonchev–Trinajstić information content (AvgIpc) is 3.17. The lowest BCUT2D eigenvalue weighted by atomic mass is 10.1. The Labute approximate surface area is 193 Å². The molecule has 0 bridgehead atoms. The van der Waals surface area contributed by atoms with E-state index in [9.17, 15) is 8.42 Å². The number of benzene rings is 2. The average molecular weight is 464 g/mol. The number of ether oxygens (including phenoxy) is 1. The third kappa shape index (κ3) is 4.88. The van der Waals surface area contributed by atoms with E-state index in [0.717, 1.165) is 17.0 Å². The minimum Gasteiger partial charge on any atom is -0.439 e. The Morgan fingerprint density at radius 2 is 1.58 bits per heavy atom. The third-order valence-electron chi connectivity index (χ3n) is 5.28. The van der Waals surface area contributed by atoms with Gasteiger partial charge in [0.25, 0.3) is 10.0 Å². The molecule has 2 aromatic heterocycles. The molecule has 0 saturated carbocycles. The van der Waals surface area contributed by atoms with Gasteiger partial charge in [0.15, 0.2) is 0 Å². The molecule has 170 valence electrons. The fraction of sp³-hybridized carbons (Fsp3) is 0.208. The van der Waals surface area contributed by atoms with Crippen molar-refractivity contribution < 1.29 is 13.2 Å². The Morgan fingerprint density at radius 1 is 0.879 bits per heavy atom. The Bertz CT molecular complexity index is 1430. The van der Waals surface area contributed by atoms with Gasteiger partial charge >= 0.3 is 0 Å². The van der Waals surface area contributed by atoms with Crippen molar-refractivity contribution >= 4 is 15.7 Å². The summed E-state index contributed by atoms with van der Waals surface area (Å²) in [5.74, 6) is 2.91. The Kier molecular flexibility index (Phi) is 5.90. The maximum atomic E-state index is 12.9. The van der Waals surface area contributed by atoms with E-state index in [1.54, 1.807) is 56.4 Å². The van der Waals surface area contributed by atoms with Crippen molar-refractivity contribution in [2.24, 2.45) is 0 Å². The summed E-state index contributed by atoms with van der Waals surface area (Å²) in [5, 5.41) is 0. The highest BCUT2D eigenvalue weighted by Crippen LogP contribution is 2.26. The minimum atomic E-state index is -3.72. The summed E-state index contributed by atoms with van der Waals surface area (Å²) in [6.45, 7) is 9.32. The fourth-order valence-corrected chi connectivity index (χ4v) is 4.84. The highest BCUT2D eigenvalue weighted by molar-refractivity contribution is 7.92. The zero-order valence-corrected chi connectivity index (χ0v) is 19.9. The number of nitrogens with one attached hydrogen (secondary N) is 1. The predicted octanol–water partition coefficient (Wildman–Crippen LogP) is 4.80. The van der Waals surface area contributed by atoms with Crippen molar-refractivity contribution in [3.05, 3.63) is 83.2 Å². The van der Waals surface area contributed by atoms with Crippen LogP contribution in [0.3, 0.4) is 0 Å². The Balaban J connectivity index is 1.53. The Hall–Kier alpha value is -3.72. The van der Waals surface area contributed by atoms with E-state index < -0.39 is 10.0 Å². The van der Waals surface area contributed by atoms with Gasteiger partial charge in [-0.3, -0.25) is 9.29 Å². The number of sulfonamides is 1. The van der Waals surface area contributed by atoms with Crippen LogP contribution in [0.25, 0.3) is 5.82 Å². The molecule has 33 heavy (non-hydrogen) atoms. The molecule has 8 nitrogen and oxygen atoms in total. The van der Waals surface area contributed by atoms with E-state index >= 15 is 0 Å². The van der Waals surface area contributed by atoms with E-state index in [1.807, 2.05) is 37.6 Å². The zero-order chi connectivity index (χ0) is 23.8. The number of nitrogens with zero attached hydrogens (tertiary/aromatic N) is 4. The van der Waals surface area contributed by atoms with Crippen molar-refractivity contribution in [2.45, 2.75) is 39.5 Å². The largest absolute Gasteiger partial charge is 0.439 e. The van der Waals surface area contributed by atoms with Crippen molar-refractivity contribution in [1.29, 1.82) is 0 Å². The summed E-state index contributed by atoms with van der Waals surface area (Å²) in [4.78, 5) is 13.3. The number of anilines is 1. The van der Waals surface area contributed by atoms with E-state index in [-0.39, 0.29) is 4.90 Å². The van der Waals surface area contributed by atoms with Gasteiger partial charge in [-0.05, 0) is 81.6 Å². The molecule has 0 radical (unpaired) electrons. The first-order valence-electron chi connectivity index (χ1n) is 10.4. The minimum absolute atomic E-state index is 0.268. The van der Waals surface area contributed by atoms with Gasteiger partial charge in [0, 0.05) is 24.1 Å². The van der Waals surface area contributed by atoms with E-state index in [0.29, 0.717) is 34.5 Å². The summed E-state index contributed by atoms with van der Waals surface area (Å²) in [6, 6.07) is 12.0. The number of aryl methyl sites for hydroxylation is 5. The molecular weight excluding hydrogens is 438 g/mol. The lowest BCUT2D eigenvalue weighted by Crippen LogP contribution is -2.14. The van der Waals surface area contributed by atoms with Crippen LogP contribution in [0, 0.1) is 34.6 Å². The lowest BCUT2D eigenvalue weighted by Gasteiger charge is -2.13. The first kappa shape index (κ1) is 22.5. The van der Waals surface area contributed by atoms with Crippen LogP contribution >= 0.6 is 0 Å². The molecule has 9 heteroatoms. The second-order valence-corrected chi connectivity index (χ2v) is 9.54. The van der Waals surface area contributed by atoms with Gasteiger partial charge in [-0.15, -0.1) is 0 Å². The SMILES string of the molecule is Cc1nc(Oc2ccc(NS(=O)(=O)c3cc(C)c(C)cc3C)cc2)cc(-n2ccnc2C)n1. The number of hydrogen-bond donors (Lipinski definition) is 1. The third-order valence-corrected chi connectivity index (χ3v) is 6.81. The number of rotatable bonds is 6. The van der Waals surface area contributed by atoms with E-state index in [1.165, 1.54) is 0 Å². The summed E-state index contributed by atoms with van der Waals surface area (Å²) in [5.41, 5.74) is 3.12.